The molecular formula is C21H21N3O3. The van der Waals surface area contributed by atoms with Gasteiger partial charge in [0.2, 0.25) is 0 Å². The van der Waals surface area contributed by atoms with Crippen molar-refractivity contribution in [1.82, 2.24) is 15.0 Å². The number of phenolic OH excluding ortho intramolecular Hbond substituents is 1. The van der Waals surface area contributed by atoms with Gasteiger partial charge in [-0.05, 0) is 17.7 Å². The Labute approximate surface area is 157 Å². The van der Waals surface area contributed by atoms with Crippen molar-refractivity contribution >= 4 is 5.91 Å². The molecule has 1 aromatic heterocycles. The normalized spacial score (nSPS) is 15.0. The van der Waals surface area contributed by atoms with Crippen molar-refractivity contribution in [1.29, 1.82) is 0 Å². The van der Waals surface area contributed by atoms with Crippen LogP contribution >= 0.6 is 0 Å². The molecule has 1 amide bonds. The molecule has 1 N–H and O–H groups in total. The van der Waals surface area contributed by atoms with E-state index in [0.717, 1.165) is 19.6 Å². The third kappa shape index (κ3) is 3.85. The summed E-state index contributed by atoms with van der Waals surface area (Å²) in [6, 6.07) is 18.8. The smallest absolute Gasteiger partial charge is 0.276 e. The second-order valence-electron chi connectivity index (χ2n) is 6.65. The molecule has 1 fully saturated rings. The number of aromatic hydroxyl groups is 1. The van der Waals surface area contributed by atoms with E-state index >= 15 is 0 Å². The van der Waals surface area contributed by atoms with Gasteiger partial charge in [-0.1, -0.05) is 47.6 Å². The molecule has 0 spiro atoms. The number of hydrogen-bond acceptors (Lipinski definition) is 5. The molecule has 4 rings (SSSR count). The number of benzene rings is 2. The first-order valence-electron chi connectivity index (χ1n) is 9.01. The highest BCUT2D eigenvalue weighted by molar-refractivity contribution is 5.93. The topological polar surface area (TPSA) is 69.8 Å². The Hall–Kier alpha value is -3.12. The summed E-state index contributed by atoms with van der Waals surface area (Å²) >= 11 is 0. The van der Waals surface area contributed by atoms with Crippen LogP contribution in [0.3, 0.4) is 0 Å². The fourth-order valence-electron chi connectivity index (χ4n) is 3.30. The largest absolute Gasteiger partial charge is 0.507 e. The third-order valence-corrected chi connectivity index (χ3v) is 4.81. The molecular weight excluding hydrogens is 342 g/mol. The van der Waals surface area contributed by atoms with E-state index in [1.54, 1.807) is 35.2 Å². The Morgan fingerprint density at radius 1 is 1.00 bits per heavy atom. The molecule has 0 radical (unpaired) electrons. The molecule has 0 aliphatic carbocycles. The lowest BCUT2D eigenvalue weighted by Crippen LogP contribution is -2.48. The quantitative estimate of drug-likeness (QED) is 0.772. The zero-order chi connectivity index (χ0) is 18.6. The van der Waals surface area contributed by atoms with Crippen LogP contribution in [0.1, 0.15) is 16.1 Å². The summed E-state index contributed by atoms with van der Waals surface area (Å²) in [7, 11) is 0. The van der Waals surface area contributed by atoms with Gasteiger partial charge in [0.05, 0.1) is 5.56 Å². The Balaban J connectivity index is 1.38. The Morgan fingerprint density at radius 2 is 1.70 bits per heavy atom. The van der Waals surface area contributed by atoms with E-state index in [2.05, 4.69) is 22.2 Å². The van der Waals surface area contributed by atoms with Crippen LogP contribution in [0.4, 0.5) is 0 Å². The van der Waals surface area contributed by atoms with Crippen molar-refractivity contribution in [3.63, 3.8) is 0 Å². The van der Waals surface area contributed by atoms with Gasteiger partial charge < -0.3 is 14.5 Å². The van der Waals surface area contributed by atoms with Crippen molar-refractivity contribution in [2.24, 2.45) is 0 Å². The first kappa shape index (κ1) is 17.3. The maximum atomic E-state index is 12.7. The number of rotatable bonds is 4. The van der Waals surface area contributed by atoms with Gasteiger partial charge in [0.25, 0.3) is 5.91 Å². The van der Waals surface area contributed by atoms with Crippen LogP contribution in [0.25, 0.3) is 11.3 Å². The minimum atomic E-state index is -0.139. The summed E-state index contributed by atoms with van der Waals surface area (Å²) in [6.45, 7) is 3.86. The van der Waals surface area contributed by atoms with Crippen LogP contribution < -0.4 is 0 Å². The lowest BCUT2D eigenvalue weighted by atomic mass is 10.1. The van der Waals surface area contributed by atoms with Gasteiger partial charge >= 0.3 is 0 Å². The highest BCUT2D eigenvalue weighted by Gasteiger charge is 2.25. The van der Waals surface area contributed by atoms with Crippen LogP contribution in [0.2, 0.25) is 0 Å². The molecule has 1 saturated heterocycles. The molecule has 2 aromatic carbocycles. The predicted molar refractivity (Wildman–Crippen MR) is 101 cm³/mol. The summed E-state index contributed by atoms with van der Waals surface area (Å²) in [6.07, 6.45) is 0. The molecule has 0 atom stereocenters. The monoisotopic (exact) mass is 363 g/mol. The molecule has 0 bridgehead atoms. The van der Waals surface area contributed by atoms with Gasteiger partial charge in [-0.15, -0.1) is 0 Å². The van der Waals surface area contributed by atoms with Crippen molar-refractivity contribution in [3.8, 4) is 17.1 Å². The second-order valence-corrected chi connectivity index (χ2v) is 6.65. The van der Waals surface area contributed by atoms with Gasteiger partial charge in [0.15, 0.2) is 11.5 Å². The third-order valence-electron chi connectivity index (χ3n) is 4.81. The van der Waals surface area contributed by atoms with Crippen LogP contribution in [-0.2, 0) is 6.54 Å². The summed E-state index contributed by atoms with van der Waals surface area (Å²) in [4.78, 5) is 16.9. The maximum Gasteiger partial charge on any atom is 0.276 e. The molecule has 2 heterocycles. The summed E-state index contributed by atoms with van der Waals surface area (Å²) in [5.41, 5.74) is 2.07. The van der Waals surface area contributed by atoms with Crippen LogP contribution in [0.5, 0.6) is 5.75 Å². The number of piperazine rings is 1. The van der Waals surface area contributed by atoms with Gasteiger partial charge in [-0.25, -0.2) is 0 Å². The Kier molecular flexibility index (Phi) is 4.89. The van der Waals surface area contributed by atoms with Crippen molar-refractivity contribution < 1.29 is 14.4 Å². The number of nitrogens with zero attached hydrogens (tertiary/aromatic N) is 3. The molecule has 1 aliphatic heterocycles. The van der Waals surface area contributed by atoms with E-state index in [0.29, 0.717) is 24.4 Å². The second kappa shape index (κ2) is 7.63. The van der Waals surface area contributed by atoms with E-state index < -0.39 is 0 Å². The van der Waals surface area contributed by atoms with Crippen LogP contribution in [0.15, 0.2) is 65.2 Å². The molecule has 27 heavy (non-hydrogen) atoms. The molecule has 3 aromatic rings. The van der Waals surface area contributed by atoms with E-state index in [1.165, 1.54) is 5.56 Å². The summed E-state index contributed by atoms with van der Waals surface area (Å²) < 4.78 is 5.28. The lowest BCUT2D eigenvalue weighted by Gasteiger charge is -2.34. The Bertz CT molecular complexity index is 915. The molecule has 0 unspecified atom stereocenters. The van der Waals surface area contributed by atoms with Crippen molar-refractivity contribution in [2.75, 3.05) is 26.2 Å². The van der Waals surface area contributed by atoms with E-state index in [1.807, 2.05) is 18.2 Å². The van der Waals surface area contributed by atoms with E-state index in [-0.39, 0.29) is 17.4 Å². The fraction of sp³-hybridized carbons (Fsp3) is 0.238. The minimum absolute atomic E-state index is 0.0992. The van der Waals surface area contributed by atoms with Crippen LogP contribution in [0, 0.1) is 0 Å². The summed E-state index contributed by atoms with van der Waals surface area (Å²) in [5.74, 6) is 0.348. The standard InChI is InChI=1S/C21H21N3O3/c25-19-9-5-4-8-17(19)20-14-18(22-27-20)21(26)24-12-10-23(11-13-24)15-16-6-2-1-3-7-16/h1-9,14,25H,10-13,15H2. The van der Waals surface area contributed by atoms with Crippen molar-refractivity contribution in [2.45, 2.75) is 6.54 Å². The number of amides is 1. The first-order chi connectivity index (χ1) is 13.2. The molecule has 0 saturated carbocycles. The molecule has 138 valence electrons. The van der Waals surface area contributed by atoms with Gasteiger partial charge in [0, 0.05) is 38.8 Å². The van der Waals surface area contributed by atoms with Gasteiger partial charge in [-0.3, -0.25) is 9.69 Å². The first-order valence-corrected chi connectivity index (χ1v) is 9.01. The number of carbonyl (C=O) groups is 1. The molecule has 6 heteroatoms. The number of hydrogen-bond donors (Lipinski definition) is 1. The van der Waals surface area contributed by atoms with E-state index in [4.69, 9.17) is 4.52 Å². The highest BCUT2D eigenvalue weighted by Crippen LogP contribution is 2.29. The molecule has 1 aliphatic rings. The zero-order valence-electron chi connectivity index (χ0n) is 14.9. The summed E-state index contributed by atoms with van der Waals surface area (Å²) in [5, 5.41) is 13.8. The van der Waals surface area contributed by atoms with E-state index in [9.17, 15) is 9.90 Å². The van der Waals surface area contributed by atoms with Gasteiger partial charge in [-0.2, -0.15) is 0 Å². The van der Waals surface area contributed by atoms with Crippen molar-refractivity contribution in [3.05, 3.63) is 71.9 Å². The maximum absolute atomic E-state index is 12.7. The zero-order valence-corrected chi connectivity index (χ0v) is 14.9. The fourth-order valence-corrected chi connectivity index (χ4v) is 3.30. The average Bonchev–Trinajstić information content (AvgIpc) is 3.19. The average molecular weight is 363 g/mol. The lowest BCUT2D eigenvalue weighted by molar-refractivity contribution is 0.0618. The van der Waals surface area contributed by atoms with Crippen LogP contribution in [-0.4, -0.2) is 52.1 Å². The number of aromatic nitrogens is 1. The number of carbonyl (C=O) groups excluding carboxylic acids is 1. The SMILES string of the molecule is O=C(c1cc(-c2ccccc2O)on1)N1CCN(Cc2ccccc2)CC1. The number of phenols is 1. The molecule has 6 nitrogen and oxygen atoms in total. The number of para-hydroxylation sites is 1. The predicted octanol–water partition coefficient (Wildman–Crippen LogP) is 3.01. The Morgan fingerprint density at radius 3 is 2.44 bits per heavy atom. The van der Waals surface area contributed by atoms with Gasteiger partial charge in [0.1, 0.15) is 5.75 Å². The highest BCUT2D eigenvalue weighted by atomic mass is 16.5. The minimum Gasteiger partial charge on any atom is -0.507 e.